The Morgan fingerprint density at radius 3 is 2.35 bits per heavy atom. The smallest absolute Gasteiger partial charge is 0.338 e. The van der Waals surface area contributed by atoms with E-state index >= 15 is 0 Å². The Kier molecular flexibility index (Phi) is 7.49. The summed E-state index contributed by atoms with van der Waals surface area (Å²) in [6.45, 7) is 6.18. The molecular weight excluding hydrogens is 496 g/mol. The lowest BCUT2D eigenvalue weighted by molar-refractivity contribution is -0.139. The van der Waals surface area contributed by atoms with Gasteiger partial charge in [0.2, 0.25) is 0 Å². The van der Waals surface area contributed by atoms with E-state index in [4.69, 9.17) is 14.2 Å². The molecule has 1 aliphatic rings. The number of thiazole rings is 1. The highest BCUT2D eigenvalue weighted by Gasteiger charge is 2.33. The number of rotatable bonds is 6. The fraction of sp³-hybridized carbons (Fsp3) is 0.222. The summed E-state index contributed by atoms with van der Waals surface area (Å²) in [5.41, 5.74) is 1.63. The third-order valence-electron chi connectivity index (χ3n) is 5.39. The van der Waals surface area contributed by atoms with E-state index in [1.165, 1.54) is 29.8 Å². The van der Waals surface area contributed by atoms with Crippen LogP contribution in [0.1, 0.15) is 44.9 Å². The van der Waals surface area contributed by atoms with E-state index in [9.17, 15) is 19.2 Å². The molecule has 37 heavy (non-hydrogen) atoms. The summed E-state index contributed by atoms with van der Waals surface area (Å²) < 4.78 is 17.4. The number of nitrogens with zero attached hydrogens (tertiary/aromatic N) is 2. The first-order chi connectivity index (χ1) is 17.7. The van der Waals surface area contributed by atoms with Crippen LogP contribution in [-0.4, -0.2) is 29.1 Å². The van der Waals surface area contributed by atoms with Gasteiger partial charge in [-0.2, -0.15) is 0 Å². The molecule has 1 atom stereocenters. The highest BCUT2D eigenvalue weighted by atomic mass is 32.1. The van der Waals surface area contributed by atoms with Crippen LogP contribution in [0.25, 0.3) is 6.08 Å². The molecule has 190 valence electrons. The standard InChI is InChI=1S/C27H24N2O7S/c1-5-34-26(33)23-15(2)28-27-29(24(23)19-9-11-20(12-10-19)35-16(3)30)25(32)22(37-27)14-18-7-6-8-21(13-18)36-17(4)31/h6-14,24H,5H2,1-4H3/b22-14-. The Morgan fingerprint density at radius 2 is 1.70 bits per heavy atom. The zero-order valence-electron chi connectivity index (χ0n) is 20.6. The lowest BCUT2D eigenvalue weighted by Crippen LogP contribution is -2.39. The van der Waals surface area contributed by atoms with Gasteiger partial charge in [-0.15, -0.1) is 0 Å². The van der Waals surface area contributed by atoms with Gasteiger partial charge in [0.05, 0.1) is 28.5 Å². The average Bonchev–Trinajstić information content (AvgIpc) is 3.12. The van der Waals surface area contributed by atoms with Crippen molar-refractivity contribution in [2.75, 3.05) is 6.61 Å². The Bertz CT molecular complexity index is 1600. The maximum atomic E-state index is 13.7. The van der Waals surface area contributed by atoms with Crippen LogP contribution in [0.2, 0.25) is 0 Å². The molecule has 0 bridgehead atoms. The van der Waals surface area contributed by atoms with Crippen molar-refractivity contribution in [2.24, 2.45) is 4.99 Å². The lowest BCUT2D eigenvalue weighted by Gasteiger charge is -2.24. The van der Waals surface area contributed by atoms with Crippen molar-refractivity contribution in [3.8, 4) is 11.5 Å². The highest BCUT2D eigenvalue weighted by molar-refractivity contribution is 7.07. The summed E-state index contributed by atoms with van der Waals surface area (Å²) in [7, 11) is 0. The van der Waals surface area contributed by atoms with E-state index in [1.54, 1.807) is 68.5 Å². The quantitative estimate of drug-likeness (QED) is 0.363. The Morgan fingerprint density at radius 1 is 1.03 bits per heavy atom. The van der Waals surface area contributed by atoms with E-state index in [0.29, 0.717) is 37.7 Å². The van der Waals surface area contributed by atoms with Gasteiger partial charge in [0.1, 0.15) is 11.5 Å². The fourth-order valence-electron chi connectivity index (χ4n) is 3.98. The summed E-state index contributed by atoms with van der Waals surface area (Å²) in [5, 5.41) is 0. The van der Waals surface area contributed by atoms with Crippen molar-refractivity contribution >= 4 is 35.3 Å². The third kappa shape index (κ3) is 5.59. The Hall–Kier alpha value is -4.31. The van der Waals surface area contributed by atoms with E-state index in [0.717, 1.165) is 0 Å². The van der Waals surface area contributed by atoms with Crippen LogP contribution < -0.4 is 24.4 Å². The van der Waals surface area contributed by atoms with Crippen molar-refractivity contribution in [3.05, 3.63) is 90.6 Å². The molecule has 2 heterocycles. The van der Waals surface area contributed by atoms with Crippen LogP contribution >= 0.6 is 11.3 Å². The average molecular weight is 521 g/mol. The molecule has 3 aromatic rings. The van der Waals surface area contributed by atoms with Gasteiger partial charge in [-0.1, -0.05) is 35.6 Å². The van der Waals surface area contributed by atoms with Crippen molar-refractivity contribution in [3.63, 3.8) is 0 Å². The van der Waals surface area contributed by atoms with Crippen LogP contribution in [0, 0.1) is 0 Å². The van der Waals surface area contributed by atoms with Gasteiger partial charge in [-0.3, -0.25) is 19.0 Å². The predicted octanol–water partition coefficient (Wildman–Crippen LogP) is 2.65. The number of carbonyl (C=O) groups excluding carboxylic acids is 3. The molecule has 0 saturated carbocycles. The van der Waals surface area contributed by atoms with Gasteiger partial charge in [0.25, 0.3) is 5.56 Å². The van der Waals surface area contributed by atoms with Gasteiger partial charge in [0, 0.05) is 13.8 Å². The van der Waals surface area contributed by atoms with Crippen LogP contribution in [0.3, 0.4) is 0 Å². The number of allylic oxidation sites excluding steroid dienone is 1. The second-order valence-corrected chi connectivity index (χ2v) is 9.14. The SMILES string of the molecule is CCOC(=O)C1=C(C)N=c2s/c(=C\c3cccc(OC(C)=O)c3)c(=O)n2C1c1ccc(OC(C)=O)cc1. The van der Waals surface area contributed by atoms with Gasteiger partial charge >= 0.3 is 17.9 Å². The maximum Gasteiger partial charge on any atom is 0.338 e. The fourth-order valence-corrected chi connectivity index (χ4v) is 5.02. The molecule has 0 amide bonds. The number of ether oxygens (including phenoxy) is 3. The molecule has 0 radical (unpaired) electrons. The number of carbonyl (C=O) groups is 3. The first kappa shape index (κ1) is 25.8. The molecule has 4 rings (SSSR count). The van der Waals surface area contributed by atoms with Gasteiger partial charge < -0.3 is 14.2 Å². The number of esters is 3. The Balaban J connectivity index is 1.87. The number of fused-ring (bicyclic) bond motifs is 1. The minimum Gasteiger partial charge on any atom is -0.463 e. The molecule has 0 saturated heterocycles. The zero-order valence-corrected chi connectivity index (χ0v) is 21.5. The molecule has 10 heteroatoms. The molecule has 2 aromatic carbocycles. The second-order valence-electron chi connectivity index (χ2n) is 8.13. The molecule has 0 N–H and O–H groups in total. The third-order valence-corrected chi connectivity index (χ3v) is 6.37. The molecule has 0 spiro atoms. The van der Waals surface area contributed by atoms with Crippen molar-refractivity contribution in [1.82, 2.24) is 4.57 Å². The van der Waals surface area contributed by atoms with E-state index in [1.807, 2.05) is 0 Å². The largest absolute Gasteiger partial charge is 0.463 e. The highest BCUT2D eigenvalue weighted by Crippen LogP contribution is 2.31. The molecule has 0 aliphatic carbocycles. The van der Waals surface area contributed by atoms with Gasteiger partial charge in [-0.05, 0) is 55.3 Å². The van der Waals surface area contributed by atoms with Gasteiger partial charge in [0.15, 0.2) is 4.80 Å². The summed E-state index contributed by atoms with van der Waals surface area (Å²) in [5.74, 6) is -0.768. The zero-order chi connectivity index (χ0) is 26.7. The number of aromatic nitrogens is 1. The summed E-state index contributed by atoms with van der Waals surface area (Å²) in [4.78, 5) is 54.2. The van der Waals surface area contributed by atoms with Gasteiger partial charge in [-0.25, -0.2) is 9.79 Å². The number of hydrogen-bond acceptors (Lipinski definition) is 9. The predicted molar refractivity (Wildman–Crippen MR) is 136 cm³/mol. The van der Waals surface area contributed by atoms with E-state index < -0.39 is 23.9 Å². The monoisotopic (exact) mass is 520 g/mol. The van der Waals surface area contributed by atoms with Crippen LogP contribution in [0.5, 0.6) is 11.5 Å². The summed E-state index contributed by atoms with van der Waals surface area (Å²) in [6.07, 6.45) is 1.68. The van der Waals surface area contributed by atoms with Crippen molar-refractivity contribution < 1.29 is 28.6 Å². The molecule has 9 nitrogen and oxygen atoms in total. The summed E-state index contributed by atoms with van der Waals surface area (Å²) >= 11 is 1.18. The minimum atomic E-state index is -0.795. The summed E-state index contributed by atoms with van der Waals surface area (Å²) in [6, 6.07) is 12.6. The minimum absolute atomic E-state index is 0.164. The number of benzene rings is 2. The lowest BCUT2D eigenvalue weighted by atomic mass is 9.96. The van der Waals surface area contributed by atoms with Crippen LogP contribution in [0.15, 0.2) is 69.6 Å². The topological polar surface area (TPSA) is 113 Å². The Labute approximate surface area is 215 Å². The first-order valence-corrected chi connectivity index (χ1v) is 12.3. The first-order valence-electron chi connectivity index (χ1n) is 11.4. The molecule has 1 unspecified atom stereocenters. The normalized spacial score (nSPS) is 15.0. The maximum absolute atomic E-state index is 13.7. The van der Waals surface area contributed by atoms with E-state index in [-0.39, 0.29) is 17.7 Å². The molecule has 1 aromatic heterocycles. The molecule has 0 fully saturated rings. The van der Waals surface area contributed by atoms with Crippen LogP contribution in [0.4, 0.5) is 0 Å². The van der Waals surface area contributed by atoms with Crippen LogP contribution in [-0.2, 0) is 19.1 Å². The van der Waals surface area contributed by atoms with E-state index in [2.05, 4.69) is 4.99 Å². The molecule has 1 aliphatic heterocycles. The van der Waals surface area contributed by atoms with Crippen molar-refractivity contribution in [1.29, 1.82) is 0 Å². The van der Waals surface area contributed by atoms with Crippen molar-refractivity contribution in [2.45, 2.75) is 33.7 Å². The molecular formula is C27H24N2O7S. The number of hydrogen-bond donors (Lipinski definition) is 0. The second kappa shape index (κ2) is 10.8.